The van der Waals surface area contributed by atoms with Crippen molar-refractivity contribution in [3.63, 3.8) is 0 Å². The van der Waals surface area contributed by atoms with Crippen LogP contribution in [0.5, 0.6) is 0 Å². The third kappa shape index (κ3) is 5.03. The van der Waals surface area contributed by atoms with Gasteiger partial charge in [0.15, 0.2) is 0 Å². The summed E-state index contributed by atoms with van der Waals surface area (Å²) in [4.78, 5) is 26.0. The number of hydrogen-bond acceptors (Lipinski definition) is 7. The van der Waals surface area contributed by atoms with Gasteiger partial charge in [-0.25, -0.2) is 9.69 Å². The lowest BCUT2D eigenvalue weighted by Crippen LogP contribution is -2.43. The van der Waals surface area contributed by atoms with Crippen LogP contribution in [-0.4, -0.2) is 56.0 Å². The average molecular weight is 385 g/mol. The number of ether oxygens (including phenoxy) is 1. The number of rotatable bonds is 8. The van der Waals surface area contributed by atoms with Crippen molar-refractivity contribution in [1.29, 1.82) is 0 Å². The summed E-state index contributed by atoms with van der Waals surface area (Å²) in [6.45, 7) is 1.38. The summed E-state index contributed by atoms with van der Waals surface area (Å²) in [5, 5.41) is 9.00. The molecule has 3 atom stereocenters. The van der Waals surface area contributed by atoms with Crippen molar-refractivity contribution in [2.24, 2.45) is 5.92 Å². The fourth-order valence-corrected chi connectivity index (χ4v) is 3.57. The molecule has 9 heteroatoms. The highest BCUT2D eigenvalue weighted by Crippen LogP contribution is 2.30. The van der Waals surface area contributed by atoms with Crippen molar-refractivity contribution >= 4 is 22.1 Å². The monoisotopic (exact) mass is 385 g/mol. The van der Waals surface area contributed by atoms with Gasteiger partial charge in [-0.05, 0) is 18.4 Å². The molecule has 144 valence electrons. The fraction of sp³-hybridized carbons (Fsp3) is 0.529. The van der Waals surface area contributed by atoms with Gasteiger partial charge < -0.3 is 9.84 Å². The van der Waals surface area contributed by atoms with Crippen molar-refractivity contribution in [2.75, 3.05) is 19.5 Å². The van der Waals surface area contributed by atoms with Crippen LogP contribution in [-0.2, 0) is 23.8 Å². The van der Waals surface area contributed by atoms with E-state index in [0.717, 1.165) is 16.7 Å². The molecule has 0 aliphatic carbocycles. The number of hydrogen-bond donors (Lipinski definition) is 1. The zero-order chi connectivity index (χ0) is 19.3. The van der Waals surface area contributed by atoms with E-state index in [1.54, 1.807) is 24.3 Å². The van der Waals surface area contributed by atoms with Crippen molar-refractivity contribution in [3.05, 3.63) is 35.9 Å². The van der Waals surface area contributed by atoms with Crippen LogP contribution in [0.3, 0.4) is 0 Å². The number of imide groups is 1. The minimum Gasteiger partial charge on any atom is -0.446 e. The molecule has 1 fully saturated rings. The number of carbonyl (C=O) groups excluding carboxylic acids is 2. The van der Waals surface area contributed by atoms with Crippen LogP contribution in [0.1, 0.15) is 31.4 Å². The van der Waals surface area contributed by atoms with E-state index in [1.165, 1.54) is 6.92 Å². The number of cyclic esters (lactones) is 1. The number of aliphatic hydroxyl groups is 1. The van der Waals surface area contributed by atoms with E-state index < -0.39 is 40.2 Å². The predicted octanol–water partition coefficient (Wildman–Crippen LogP) is 1.46. The summed E-state index contributed by atoms with van der Waals surface area (Å²) >= 11 is 0. The van der Waals surface area contributed by atoms with Gasteiger partial charge >= 0.3 is 6.09 Å². The van der Waals surface area contributed by atoms with E-state index in [4.69, 9.17) is 14.0 Å². The van der Waals surface area contributed by atoms with E-state index in [0.29, 0.717) is 0 Å². The molecule has 0 bridgehead atoms. The van der Waals surface area contributed by atoms with Gasteiger partial charge in [0.2, 0.25) is 5.91 Å². The van der Waals surface area contributed by atoms with E-state index in [2.05, 4.69) is 0 Å². The molecule has 0 radical (unpaired) electrons. The number of benzene rings is 1. The van der Waals surface area contributed by atoms with E-state index in [-0.39, 0.29) is 26.1 Å². The molecular formula is C17H23NO7S. The molecule has 0 unspecified atom stereocenters. The lowest BCUT2D eigenvalue weighted by Gasteiger charge is -2.27. The largest absolute Gasteiger partial charge is 0.446 e. The maximum Gasteiger partial charge on any atom is 0.417 e. The molecule has 0 saturated carbocycles. The maximum atomic E-state index is 12.9. The first kappa shape index (κ1) is 20.3. The van der Waals surface area contributed by atoms with E-state index in [9.17, 15) is 18.0 Å². The normalized spacial score (nSPS) is 19.9. The second-order valence-electron chi connectivity index (χ2n) is 6.20. The zero-order valence-corrected chi connectivity index (χ0v) is 15.5. The van der Waals surface area contributed by atoms with Crippen LogP contribution in [0.2, 0.25) is 0 Å². The van der Waals surface area contributed by atoms with E-state index >= 15 is 0 Å². The summed E-state index contributed by atoms with van der Waals surface area (Å²) in [5.74, 6) is -1.49. The maximum absolute atomic E-state index is 12.9. The zero-order valence-electron chi connectivity index (χ0n) is 14.7. The molecule has 26 heavy (non-hydrogen) atoms. The Balaban J connectivity index is 2.23. The van der Waals surface area contributed by atoms with Crippen LogP contribution >= 0.6 is 0 Å². The molecule has 2 rings (SSSR count). The standard InChI is InChI=1S/C17H23NO7S/c1-12(15(9-6-10-19)25-26(2,22)23)16(20)18-14(11-24-17(18)21)13-7-4-3-5-8-13/h3-5,7-8,12,14-15,19H,6,9-11H2,1-2H3/t12-,14+,15+/m0/s1. The Morgan fingerprint density at radius 3 is 2.62 bits per heavy atom. The summed E-state index contributed by atoms with van der Waals surface area (Å²) in [5.41, 5.74) is 0.745. The predicted molar refractivity (Wildman–Crippen MR) is 92.6 cm³/mol. The third-order valence-electron chi connectivity index (χ3n) is 4.19. The van der Waals surface area contributed by atoms with Gasteiger partial charge in [0.1, 0.15) is 12.6 Å². The first-order chi connectivity index (χ1) is 12.2. The molecule has 1 heterocycles. The summed E-state index contributed by atoms with van der Waals surface area (Å²) in [6.07, 6.45) is -0.419. The van der Waals surface area contributed by atoms with Gasteiger partial charge in [-0.15, -0.1) is 0 Å². The fourth-order valence-electron chi connectivity index (χ4n) is 2.86. The number of aliphatic hydroxyl groups excluding tert-OH is 1. The Hall–Kier alpha value is -1.97. The lowest BCUT2D eigenvalue weighted by molar-refractivity contribution is -0.136. The highest BCUT2D eigenvalue weighted by atomic mass is 32.2. The van der Waals surface area contributed by atoms with Crippen LogP contribution in [0, 0.1) is 5.92 Å². The van der Waals surface area contributed by atoms with Gasteiger partial charge in [-0.1, -0.05) is 37.3 Å². The highest BCUT2D eigenvalue weighted by molar-refractivity contribution is 7.86. The topological polar surface area (TPSA) is 110 Å². The van der Waals surface area contributed by atoms with Crippen LogP contribution in [0.25, 0.3) is 0 Å². The quantitative estimate of drug-likeness (QED) is 0.675. The molecule has 1 aromatic rings. The second-order valence-corrected chi connectivity index (χ2v) is 7.81. The minimum atomic E-state index is -3.80. The first-order valence-corrected chi connectivity index (χ1v) is 10.1. The van der Waals surface area contributed by atoms with Gasteiger partial charge in [0.25, 0.3) is 10.1 Å². The summed E-state index contributed by atoms with van der Waals surface area (Å²) < 4.78 is 33.1. The Bertz CT molecular complexity index is 735. The molecular weight excluding hydrogens is 362 g/mol. The first-order valence-electron chi connectivity index (χ1n) is 8.28. The van der Waals surface area contributed by atoms with Gasteiger partial charge in [-0.3, -0.25) is 8.98 Å². The van der Waals surface area contributed by atoms with Crippen molar-refractivity contribution in [3.8, 4) is 0 Å². The minimum absolute atomic E-state index is 0.0372. The van der Waals surface area contributed by atoms with Crippen molar-refractivity contribution in [2.45, 2.75) is 31.9 Å². The Morgan fingerprint density at radius 2 is 2.04 bits per heavy atom. The number of carbonyl (C=O) groups is 2. The van der Waals surface area contributed by atoms with Crippen LogP contribution in [0.15, 0.2) is 30.3 Å². The smallest absolute Gasteiger partial charge is 0.417 e. The van der Waals surface area contributed by atoms with Gasteiger partial charge in [0.05, 0.1) is 18.3 Å². The molecule has 0 aromatic heterocycles. The number of amides is 2. The SMILES string of the molecule is C[C@H](C(=O)N1C(=O)OC[C@@H]1c1ccccc1)[C@@H](CCCO)OS(C)(=O)=O. The average Bonchev–Trinajstić information content (AvgIpc) is 2.98. The highest BCUT2D eigenvalue weighted by Gasteiger charge is 2.42. The molecule has 1 N–H and O–H groups in total. The Kier molecular flexibility index (Phi) is 6.74. The van der Waals surface area contributed by atoms with Crippen LogP contribution < -0.4 is 0 Å². The van der Waals surface area contributed by atoms with E-state index in [1.807, 2.05) is 6.07 Å². The molecule has 2 amide bonds. The molecule has 1 saturated heterocycles. The molecule has 0 spiro atoms. The molecule has 8 nitrogen and oxygen atoms in total. The summed E-state index contributed by atoms with van der Waals surface area (Å²) in [6, 6.07) is 8.40. The molecule has 1 aromatic carbocycles. The lowest BCUT2D eigenvalue weighted by atomic mass is 9.97. The molecule has 1 aliphatic rings. The van der Waals surface area contributed by atoms with Gasteiger partial charge in [-0.2, -0.15) is 8.42 Å². The Morgan fingerprint density at radius 1 is 1.38 bits per heavy atom. The summed E-state index contributed by atoms with van der Waals surface area (Å²) in [7, 11) is -3.80. The number of nitrogens with zero attached hydrogens (tertiary/aromatic N) is 1. The van der Waals surface area contributed by atoms with Crippen LogP contribution in [0.4, 0.5) is 4.79 Å². The second kappa shape index (κ2) is 8.61. The Labute approximate surface area is 152 Å². The third-order valence-corrected chi connectivity index (χ3v) is 4.78. The van der Waals surface area contributed by atoms with Crippen molar-refractivity contribution in [1.82, 2.24) is 4.90 Å². The molecule has 1 aliphatic heterocycles. The van der Waals surface area contributed by atoms with Gasteiger partial charge in [0, 0.05) is 6.61 Å². The van der Waals surface area contributed by atoms with Crippen molar-refractivity contribution < 1.29 is 32.0 Å².